The maximum atomic E-state index is 12.6. The number of carbonyl (C=O) groups is 2. The molecule has 1 saturated heterocycles. The van der Waals surface area contributed by atoms with Crippen molar-refractivity contribution in [3.63, 3.8) is 0 Å². The molecular weight excluding hydrogens is 486 g/mol. The van der Waals surface area contributed by atoms with Crippen LogP contribution in [-0.4, -0.2) is 79.5 Å². The van der Waals surface area contributed by atoms with Gasteiger partial charge in [-0.05, 0) is 56.5 Å². The van der Waals surface area contributed by atoms with E-state index in [1.807, 2.05) is 36.4 Å². The van der Waals surface area contributed by atoms with Crippen LogP contribution in [0.5, 0.6) is 11.5 Å². The highest BCUT2D eigenvalue weighted by Gasteiger charge is 2.73. The number of carbonyl (C=O) groups excluding carboxylic acids is 2. The van der Waals surface area contributed by atoms with Gasteiger partial charge < -0.3 is 34.9 Å². The summed E-state index contributed by atoms with van der Waals surface area (Å²) in [4.78, 5) is 27.1. The van der Waals surface area contributed by atoms with Crippen molar-refractivity contribution >= 4 is 11.9 Å². The van der Waals surface area contributed by atoms with Gasteiger partial charge in [-0.25, -0.2) is 0 Å². The number of nitrogens with one attached hydrogen (secondary N) is 2. The lowest BCUT2D eigenvalue weighted by Gasteiger charge is -2.65. The Balaban J connectivity index is 1.14. The fourth-order valence-corrected chi connectivity index (χ4v) is 7.59. The van der Waals surface area contributed by atoms with E-state index in [-0.39, 0.29) is 49.5 Å². The van der Waals surface area contributed by atoms with Crippen LogP contribution < -0.4 is 15.4 Å². The number of hydrogen-bond acceptors (Lipinski definition) is 8. The van der Waals surface area contributed by atoms with E-state index in [0.29, 0.717) is 5.75 Å². The molecule has 5 atom stereocenters. The third-order valence-corrected chi connectivity index (χ3v) is 9.25. The zero-order valence-electron chi connectivity index (χ0n) is 21.9. The molecule has 3 N–H and O–H groups in total. The van der Waals surface area contributed by atoms with Gasteiger partial charge >= 0.3 is 5.97 Å². The molecule has 1 spiro atoms. The number of likely N-dealkylation sites (N-methyl/N-ethyl adjacent to an activating group) is 1. The molecule has 6 rings (SSSR count). The molecule has 2 bridgehead atoms. The Bertz CT molecular complexity index is 1240. The van der Waals surface area contributed by atoms with Gasteiger partial charge in [-0.3, -0.25) is 9.59 Å². The number of phenols is 1. The third kappa shape index (κ3) is 3.71. The summed E-state index contributed by atoms with van der Waals surface area (Å²) in [7, 11) is 3.96. The van der Waals surface area contributed by atoms with Gasteiger partial charge in [0.2, 0.25) is 5.91 Å². The minimum Gasteiger partial charge on any atom is -0.504 e. The fourth-order valence-electron chi connectivity index (χ4n) is 7.59. The van der Waals surface area contributed by atoms with Crippen LogP contribution in [0, 0.1) is 0 Å². The second-order valence-corrected chi connectivity index (χ2v) is 11.0. The van der Waals surface area contributed by atoms with Crippen LogP contribution in [0.4, 0.5) is 0 Å². The Hall–Kier alpha value is -3.14. The Morgan fingerprint density at radius 2 is 1.97 bits per heavy atom. The summed E-state index contributed by atoms with van der Waals surface area (Å²) >= 11 is 0. The van der Waals surface area contributed by atoms with Crippen LogP contribution >= 0.6 is 0 Å². The number of amides is 1. The number of rotatable bonds is 8. The Morgan fingerprint density at radius 1 is 1.16 bits per heavy atom. The number of phenolic OH excluding ortho intramolecular Hbond substituents is 1. The standard InChI is InChI=1S/C29H35N3O6/c1-32-13-12-28-25-19-8-9-21(33)26(25)38-27(28)20(10-11-29(28,36-2)22(32)14-19)30-15-23(34)31-16-24(35)37-17-18-6-4-3-5-7-18/h3-9,20,22,27,30,33H,10-17H2,1-2H3,(H,31,34)/t20-,22-,27+,28+,29-/m1/s1. The van der Waals surface area contributed by atoms with E-state index >= 15 is 0 Å². The predicted octanol–water partition coefficient (Wildman–Crippen LogP) is 1.65. The molecule has 2 heterocycles. The largest absolute Gasteiger partial charge is 0.504 e. The molecule has 0 unspecified atom stereocenters. The van der Waals surface area contributed by atoms with Gasteiger partial charge in [-0.15, -0.1) is 0 Å². The second-order valence-electron chi connectivity index (χ2n) is 11.0. The number of methoxy groups -OCH3 is 1. The first kappa shape index (κ1) is 25.2. The van der Waals surface area contributed by atoms with Gasteiger partial charge in [0, 0.05) is 24.8 Å². The summed E-state index contributed by atoms with van der Waals surface area (Å²) in [5.74, 6) is -0.0517. The molecule has 2 fully saturated rings. The summed E-state index contributed by atoms with van der Waals surface area (Å²) in [6, 6.07) is 13.3. The van der Waals surface area contributed by atoms with Crippen molar-refractivity contribution < 1.29 is 28.9 Å². The topological polar surface area (TPSA) is 109 Å². The van der Waals surface area contributed by atoms with Crippen molar-refractivity contribution in [2.24, 2.45) is 0 Å². The van der Waals surface area contributed by atoms with Crippen molar-refractivity contribution in [1.82, 2.24) is 15.5 Å². The monoisotopic (exact) mass is 521 g/mol. The van der Waals surface area contributed by atoms with Crippen LogP contribution in [-0.2, 0) is 37.5 Å². The molecule has 38 heavy (non-hydrogen) atoms. The molecule has 2 aliphatic carbocycles. The van der Waals surface area contributed by atoms with Gasteiger partial charge in [0.15, 0.2) is 11.5 Å². The van der Waals surface area contributed by atoms with Gasteiger partial charge in [0.05, 0.1) is 17.6 Å². The lowest BCUT2D eigenvalue weighted by Crippen LogP contribution is -2.78. The molecule has 0 aromatic heterocycles. The maximum Gasteiger partial charge on any atom is 0.325 e. The Labute approximate surface area is 222 Å². The van der Waals surface area contributed by atoms with Crippen molar-refractivity contribution in [3.8, 4) is 11.5 Å². The first-order chi connectivity index (χ1) is 18.4. The molecule has 9 heteroatoms. The summed E-state index contributed by atoms with van der Waals surface area (Å²) in [5, 5.41) is 16.8. The SMILES string of the molecule is CO[C@@]12CC[C@@H](NCC(=O)NCC(=O)OCc3ccccc3)[C@@H]3Oc4c(O)ccc5c4[C@@]31CCN(C)[C@@H]2C5. The first-order valence-electron chi connectivity index (χ1n) is 13.4. The summed E-state index contributed by atoms with van der Waals surface area (Å²) < 4.78 is 18.3. The van der Waals surface area contributed by atoms with Crippen LogP contribution in [0.1, 0.15) is 36.0 Å². The zero-order valence-corrected chi connectivity index (χ0v) is 21.9. The Morgan fingerprint density at radius 3 is 2.76 bits per heavy atom. The van der Waals surface area contributed by atoms with Crippen molar-refractivity contribution in [2.75, 3.05) is 33.8 Å². The fraction of sp³-hybridized carbons (Fsp3) is 0.517. The number of benzene rings is 2. The van der Waals surface area contributed by atoms with Crippen molar-refractivity contribution in [1.29, 1.82) is 0 Å². The highest BCUT2D eigenvalue weighted by molar-refractivity contribution is 5.83. The average molecular weight is 522 g/mol. The molecule has 1 saturated carbocycles. The number of esters is 1. The number of ether oxygens (including phenoxy) is 3. The lowest BCUT2D eigenvalue weighted by molar-refractivity contribution is -0.203. The minimum absolute atomic E-state index is 0.0467. The molecule has 1 amide bonds. The van der Waals surface area contributed by atoms with E-state index < -0.39 is 17.0 Å². The molecule has 2 aliphatic heterocycles. The van der Waals surface area contributed by atoms with Crippen molar-refractivity contribution in [3.05, 3.63) is 59.2 Å². The third-order valence-electron chi connectivity index (χ3n) is 9.25. The molecule has 4 aliphatic rings. The van der Waals surface area contributed by atoms with Crippen LogP contribution in [0.2, 0.25) is 0 Å². The van der Waals surface area contributed by atoms with Gasteiger partial charge in [-0.1, -0.05) is 36.4 Å². The smallest absolute Gasteiger partial charge is 0.325 e. The minimum atomic E-state index is -0.485. The van der Waals surface area contributed by atoms with Gasteiger partial charge in [0.1, 0.15) is 19.3 Å². The van der Waals surface area contributed by atoms with Crippen LogP contribution in [0.15, 0.2) is 42.5 Å². The van der Waals surface area contributed by atoms with E-state index in [1.165, 1.54) is 5.56 Å². The van der Waals surface area contributed by atoms with E-state index in [9.17, 15) is 14.7 Å². The summed E-state index contributed by atoms with van der Waals surface area (Å²) in [6.45, 7) is 0.933. The summed E-state index contributed by atoms with van der Waals surface area (Å²) in [5.41, 5.74) is 2.35. The first-order valence-corrected chi connectivity index (χ1v) is 13.4. The van der Waals surface area contributed by atoms with Gasteiger partial charge in [-0.2, -0.15) is 0 Å². The predicted molar refractivity (Wildman–Crippen MR) is 139 cm³/mol. The maximum absolute atomic E-state index is 12.6. The van der Waals surface area contributed by atoms with E-state index in [2.05, 4.69) is 22.6 Å². The number of aromatic hydroxyl groups is 1. The van der Waals surface area contributed by atoms with E-state index in [1.54, 1.807) is 13.2 Å². The number of nitrogens with zero attached hydrogens (tertiary/aromatic N) is 1. The summed E-state index contributed by atoms with van der Waals surface area (Å²) in [6.07, 6.45) is 3.00. The van der Waals surface area contributed by atoms with Crippen LogP contribution in [0.25, 0.3) is 0 Å². The Kier molecular flexibility index (Phi) is 6.32. The second kappa shape index (κ2) is 9.55. The highest BCUT2D eigenvalue weighted by atomic mass is 16.5. The zero-order chi connectivity index (χ0) is 26.5. The average Bonchev–Trinajstić information content (AvgIpc) is 3.30. The van der Waals surface area contributed by atoms with E-state index in [4.69, 9.17) is 14.2 Å². The highest BCUT2D eigenvalue weighted by Crippen LogP contribution is 2.66. The van der Waals surface area contributed by atoms with Crippen molar-refractivity contribution in [2.45, 2.75) is 61.5 Å². The van der Waals surface area contributed by atoms with Crippen LogP contribution in [0.3, 0.4) is 0 Å². The normalized spacial score (nSPS) is 30.7. The quantitative estimate of drug-likeness (QED) is 0.450. The number of piperidine rings is 1. The molecule has 2 aromatic rings. The van der Waals surface area contributed by atoms with Gasteiger partial charge in [0.25, 0.3) is 0 Å². The molecule has 9 nitrogen and oxygen atoms in total. The number of likely N-dealkylation sites (tertiary alicyclic amines) is 1. The lowest BCUT2D eigenvalue weighted by atomic mass is 9.48. The molecule has 202 valence electrons. The molecule has 2 aromatic carbocycles. The molecular formula is C29H35N3O6. The van der Waals surface area contributed by atoms with E-state index in [0.717, 1.165) is 43.4 Å². The molecule has 0 radical (unpaired) electrons. The number of hydrogen-bond donors (Lipinski definition) is 3.